The fraction of sp³-hybridized carbons (Fsp3) is 0.267. The van der Waals surface area contributed by atoms with Crippen LogP contribution in [-0.2, 0) is 4.79 Å². The molecule has 0 fully saturated rings. The second kappa shape index (κ2) is 5.51. The van der Waals surface area contributed by atoms with Gasteiger partial charge in [0.1, 0.15) is 11.5 Å². The first kappa shape index (κ1) is 14.1. The highest BCUT2D eigenvalue weighted by molar-refractivity contribution is 5.95. The van der Waals surface area contributed by atoms with Crippen LogP contribution in [0.2, 0.25) is 0 Å². The summed E-state index contributed by atoms with van der Waals surface area (Å²) in [5.41, 5.74) is 1.68. The number of hydrogen-bond acceptors (Lipinski definition) is 5. The maximum Gasteiger partial charge on any atom is 0.273 e. The molecule has 7 heteroatoms. The van der Waals surface area contributed by atoms with Gasteiger partial charge in [0, 0.05) is 6.07 Å². The van der Waals surface area contributed by atoms with Crippen molar-refractivity contribution < 1.29 is 18.8 Å². The van der Waals surface area contributed by atoms with Gasteiger partial charge in [0.2, 0.25) is 0 Å². The number of nitrogens with zero attached hydrogens (tertiary/aromatic N) is 1. The molecular weight excluding hydrogens is 286 g/mol. The van der Waals surface area contributed by atoms with E-state index in [2.05, 4.69) is 15.8 Å². The van der Waals surface area contributed by atoms with Gasteiger partial charge in [0.05, 0.1) is 11.7 Å². The molecule has 0 radical (unpaired) electrons. The molecule has 0 spiro atoms. The number of anilines is 1. The van der Waals surface area contributed by atoms with Crippen LogP contribution >= 0.6 is 0 Å². The molecular formula is C15H15N3O4. The summed E-state index contributed by atoms with van der Waals surface area (Å²) in [7, 11) is 0. The summed E-state index contributed by atoms with van der Waals surface area (Å²) >= 11 is 0. The Morgan fingerprint density at radius 1 is 1.41 bits per heavy atom. The van der Waals surface area contributed by atoms with Crippen LogP contribution in [0.5, 0.6) is 5.75 Å². The summed E-state index contributed by atoms with van der Waals surface area (Å²) < 4.78 is 10.2. The molecule has 2 aromatic rings. The van der Waals surface area contributed by atoms with Crippen LogP contribution in [0, 0.1) is 6.92 Å². The van der Waals surface area contributed by atoms with Crippen molar-refractivity contribution in [1.29, 1.82) is 0 Å². The second-order valence-corrected chi connectivity index (χ2v) is 5.11. The van der Waals surface area contributed by atoms with E-state index in [1.165, 1.54) is 0 Å². The minimum atomic E-state index is -0.317. The Hall–Kier alpha value is -2.83. The van der Waals surface area contributed by atoms with Crippen molar-refractivity contribution in [3.63, 3.8) is 0 Å². The normalized spacial score (nSPS) is 14.5. The van der Waals surface area contributed by atoms with Crippen molar-refractivity contribution in [2.24, 2.45) is 0 Å². The lowest BCUT2D eigenvalue weighted by Crippen LogP contribution is -2.28. The molecule has 0 unspecified atom stereocenters. The lowest BCUT2D eigenvalue weighted by atomic mass is 10.1. The van der Waals surface area contributed by atoms with Crippen LogP contribution < -0.4 is 15.4 Å². The van der Waals surface area contributed by atoms with Crippen LogP contribution in [0.15, 0.2) is 28.8 Å². The number of carbonyl (C=O) groups excluding carboxylic acids is 2. The molecule has 7 nitrogen and oxygen atoms in total. The predicted molar refractivity (Wildman–Crippen MR) is 77.7 cm³/mol. The van der Waals surface area contributed by atoms with Crippen molar-refractivity contribution in [2.45, 2.75) is 19.9 Å². The summed E-state index contributed by atoms with van der Waals surface area (Å²) in [6, 6.07) is 6.71. The van der Waals surface area contributed by atoms with E-state index in [-0.39, 0.29) is 30.2 Å². The molecule has 1 aliphatic rings. The Balaban J connectivity index is 1.75. The fourth-order valence-corrected chi connectivity index (χ4v) is 2.20. The topological polar surface area (TPSA) is 93.5 Å². The van der Waals surface area contributed by atoms with E-state index in [1.54, 1.807) is 25.1 Å². The highest BCUT2D eigenvalue weighted by Gasteiger charge is 2.19. The number of hydrogen-bond donors (Lipinski definition) is 2. The van der Waals surface area contributed by atoms with Gasteiger partial charge >= 0.3 is 0 Å². The zero-order valence-electron chi connectivity index (χ0n) is 12.2. The Bertz CT molecular complexity index is 738. The number of fused-ring (bicyclic) bond motifs is 1. The lowest BCUT2D eigenvalue weighted by Gasteiger charge is -2.20. The zero-order valence-corrected chi connectivity index (χ0v) is 12.2. The Morgan fingerprint density at radius 2 is 2.23 bits per heavy atom. The minimum absolute atomic E-state index is 0.0180. The summed E-state index contributed by atoms with van der Waals surface area (Å²) in [4.78, 5) is 23.4. The molecule has 2 amide bonds. The molecule has 1 atom stereocenters. The molecule has 0 saturated heterocycles. The van der Waals surface area contributed by atoms with Gasteiger partial charge < -0.3 is 19.9 Å². The third kappa shape index (κ3) is 2.78. The largest absolute Gasteiger partial charge is 0.482 e. The van der Waals surface area contributed by atoms with Crippen molar-refractivity contribution in [1.82, 2.24) is 10.5 Å². The molecule has 22 heavy (non-hydrogen) atoms. The monoisotopic (exact) mass is 301 g/mol. The Morgan fingerprint density at radius 3 is 2.95 bits per heavy atom. The average molecular weight is 301 g/mol. The molecule has 2 heterocycles. The van der Waals surface area contributed by atoms with Crippen LogP contribution in [0.3, 0.4) is 0 Å². The van der Waals surface area contributed by atoms with Crippen molar-refractivity contribution in [3.8, 4) is 5.75 Å². The van der Waals surface area contributed by atoms with E-state index < -0.39 is 0 Å². The van der Waals surface area contributed by atoms with Gasteiger partial charge in [-0.15, -0.1) is 0 Å². The molecule has 2 N–H and O–H groups in total. The number of carbonyl (C=O) groups is 2. The highest BCUT2D eigenvalue weighted by atomic mass is 16.5. The van der Waals surface area contributed by atoms with Gasteiger partial charge in [0.25, 0.3) is 11.8 Å². The summed E-state index contributed by atoms with van der Waals surface area (Å²) in [5, 5.41) is 9.25. The lowest BCUT2D eigenvalue weighted by molar-refractivity contribution is -0.118. The summed E-state index contributed by atoms with van der Waals surface area (Å²) in [6.45, 7) is 3.58. The van der Waals surface area contributed by atoms with Gasteiger partial charge in [-0.3, -0.25) is 9.59 Å². The third-order valence-electron chi connectivity index (χ3n) is 3.34. The van der Waals surface area contributed by atoms with E-state index in [4.69, 9.17) is 9.26 Å². The number of rotatable bonds is 3. The first-order valence-corrected chi connectivity index (χ1v) is 6.83. The highest BCUT2D eigenvalue weighted by Crippen LogP contribution is 2.30. The van der Waals surface area contributed by atoms with E-state index in [0.29, 0.717) is 17.2 Å². The average Bonchev–Trinajstić information content (AvgIpc) is 2.93. The maximum atomic E-state index is 12.1. The first-order chi connectivity index (χ1) is 10.5. The number of benzene rings is 1. The summed E-state index contributed by atoms with van der Waals surface area (Å²) in [6.07, 6.45) is 0. The second-order valence-electron chi connectivity index (χ2n) is 5.11. The van der Waals surface area contributed by atoms with Gasteiger partial charge in [-0.25, -0.2) is 0 Å². The fourth-order valence-electron chi connectivity index (χ4n) is 2.20. The van der Waals surface area contributed by atoms with Gasteiger partial charge in [-0.1, -0.05) is 11.2 Å². The van der Waals surface area contributed by atoms with E-state index in [9.17, 15) is 9.59 Å². The maximum absolute atomic E-state index is 12.1. The quantitative estimate of drug-likeness (QED) is 0.901. The standard InChI is InChI=1S/C15H15N3O4/c1-8-5-12(18-22-8)15(20)16-9(2)10-3-4-13-11(6-10)17-14(19)7-21-13/h3-6,9H,7H2,1-2H3,(H,16,20)(H,17,19)/t9-/m0/s1. The number of amides is 2. The number of nitrogens with one attached hydrogen (secondary N) is 2. The van der Waals surface area contributed by atoms with Crippen LogP contribution in [0.1, 0.15) is 34.8 Å². The molecule has 1 aromatic heterocycles. The third-order valence-corrected chi connectivity index (χ3v) is 3.34. The van der Waals surface area contributed by atoms with Crippen molar-refractivity contribution in [3.05, 3.63) is 41.3 Å². The zero-order chi connectivity index (χ0) is 15.7. The molecule has 0 saturated carbocycles. The van der Waals surface area contributed by atoms with Crippen LogP contribution in [0.4, 0.5) is 5.69 Å². The number of ether oxygens (including phenoxy) is 1. The first-order valence-electron chi connectivity index (χ1n) is 6.83. The predicted octanol–water partition coefficient (Wildman–Crippen LogP) is 1.80. The molecule has 1 aromatic carbocycles. The number of aryl methyl sites for hydroxylation is 1. The molecule has 1 aliphatic heterocycles. The smallest absolute Gasteiger partial charge is 0.273 e. The van der Waals surface area contributed by atoms with E-state index in [0.717, 1.165) is 5.56 Å². The molecule has 0 aliphatic carbocycles. The van der Waals surface area contributed by atoms with E-state index >= 15 is 0 Å². The van der Waals surface area contributed by atoms with Crippen molar-refractivity contribution in [2.75, 3.05) is 11.9 Å². The van der Waals surface area contributed by atoms with Gasteiger partial charge in [-0.05, 0) is 31.5 Å². The summed E-state index contributed by atoms with van der Waals surface area (Å²) in [5.74, 6) is 0.683. The van der Waals surface area contributed by atoms with E-state index in [1.807, 2.05) is 13.0 Å². The Labute approximate surface area is 126 Å². The minimum Gasteiger partial charge on any atom is -0.482 e. The molecule has 0 bridgehead atoms. The molecule has 3 rings (SSSR count). The van der Waals surface area contributed by atoms with Crippen molar-refractivity contribution >= 4 is 17.5 Å². The Kier molecular flexibility index (Phi) is 3.54. The van der Waals surface area contributed by atoms with Gasteiger partial charge in [0.15, 0.2) is 12.3 Å². The number of aromatic nitrogens is 1. The SMILES string of the molecule is Cc1cc(C(=O)N[C@@H](C)c2ccc3c(c2)NC(=O)CO3)no1. The van der Waals surface area contributed by atoms with Crippen LogP contribution in [-0.4, -0.2) is 23.6 Å². The van der Waals surface area contributed by atoms with Gasteiger partial charge in [-0.2, -0.15) is 0 Å². The van der Waals surface area contributed by atoms with Crippen LogP contribution in [0.25, 0.3) is 0 Å². The molecule has 114 valence electrons.